The topological polar surface area (TPSA) is 91.7 Å². The van der Waals surface area contributed by atoms with Crippen LogP contribution in [0.2, 0.25) is 0 Å². The number of aryl methyl sites for hydroxylation is 6. The first kappa shape index (κ1) is 32.6. The standard InChI is InChI=1S/C20H18FN3O.C19H17FN4O/c1-11-7-5-6-8-15(11)20-23-13(3)19-12(2)22-18-16(24(19)20)9-14(21)10-17(18)25-4;1-10-14(6-5-7-21-10)19-23-12(3)18-11(2)22-17-15(24(18)19)8-13(20)9-16(17)25-4/h5-10H,1-4H3;5-9H,1-4H3. The van der Waals surface area contributed by atoms with E-state index < -0.39 is 0 Å². The van der Waals surface area contributed by atoms with Gasteiger partial charge in [-0.3, -0.25) is 13.8 Å². The molecule has 11 heteroatoms. The third-order valence-corrected chi connectivity index (χ3v) is 8.94. The fraction of sp³-hybridized carbons (Fsp3) is 0.205. The summed E-state index contributed by atoms with van der Waals surface area (Å²) in [4.78, 5) is 23.2. The molecule has 0 spiro atoms. The monoisotopic (exact) mass is 671 g/mol. The number of nitrogens with zero attached hydrogens (tertiary/aromatic N) is 7. The Morgan fingerprint density at radius 3 is 1.48 bits per heavy atom. The van der Waals surface area contributed by atoms with Gasteiger partial charge in [-0.1, -0.05) is 24.3 Å². The molecule has 0 saturated heterocycles. The molecular weight excluding hydrogens is 636 g/mol. The number of rotatable bonds is 4. The van der Waals surface area contributed by atoms with E-state index in [1.807, 2.05) is 86.7 Å². The van der Waals surface area contributed by atoms with Crippen molar-refractivity contribution in [1.29, 1.82) is 0 Å². The Balaban J connectivity index is 0.000000157. The molecule has 0 saturated carbocycles. The summed E-state index contributed by atoms with van der Waals surface area (Å²) in [5, 5.41) is 0. The van der Waals surface area contributed by atoms with Crippen molar-refractivity contribution in [2.45, 2.75) is 41.5 Å². The van der Waals surface area contributed by atoms with Gasteiger partial charge in [0.1, 0.15) is 45.8 Å². The van der Waals surface area contributed by atoms with Crippen molar-refractivity contribution in [2.24, 2.45) is 0 Å². The molecule has 0 fully saturated rings. The predicted octanol–water partition coefficient (Wildman–Crippen LogP) is 8.64. The van der Waals surface area contributed by atoms with Crippen LogP contribution in [0.3, 0.4) is 0 Å². The second-order valence-corrected chi connectivity index (χ2v) is 12.2. The first-order valence-electron chi connectivity index (χ1n) is 16.1. The van der Waals surface area contributed by atoms with Crippen molar-refractivity contribution in [3.63, 3.8) is 0 Å². The maximum absolute atomic E-state index is 14.2. The van der Waals surface area contributed by atoms with Crippen LogP contribution in [0.1, 0.15) is 34.0 Å². The van der Waals surface area contributed by atoms with Gasteiger partial charge in [-0.05, 0) is 59.2 Å². The smallest absolute Gasteiger partial charge is 0.149 e. The SMILES string of the molecule is COc1cc(F)cc2c1nc(C)c1c(C)nc(-c3ccccc3C)n12.COc1cc(F)cc2c1nc(C)c1c(C)nc(-c3cccnc3C)n12. The van der Waals surface area contributed by atoms with Crippen LogP contribution in [-0.2, 0) is 0 Å². The van der Waals surface area contributed by atoms with Gasteiger partial charge in [0.25, 0.3) is 0 Å². The van der Waals surface area contributed by atoms with E-state index in [0.717, 1.165) is 67.8 Å². The first-order valence-corrected chi connectivity index (χ1v) is 16.1. The summed E-state index contributed by atoms with van der Waals surface area (Å²) in [7, 11) is 3.04. The molecule has 8 rings (SSSR count). The minimum absolute atomic E-state index is 0.363. The molecule has 0 aliphatic heterocycles. The Morgan fingerprint density at radius 2 is 1.00 bits per heavy atom. The van der Waals surface area contributed by atoms with Crippen LogP contribution in [0.25, 0.3) is 55.9 Å². The normalized spacial score (nSPS) is 11.4. The van der Waals surface area contributed by atoms with E-state index in [-0.39, 0.29) is 11.6 Å². The van der Waals surface area contributed by atoms with E-state index >= 15 is 0 Å². The molecule has 0 radical (unpaired) electrons. The number of pyridine rings is 1. The maximum atomic E-state index is 14.2. The molecule has 5 aromatic heterocycles. The summed E-state index contributed by atoms with van der Waals surface area (Å²) in [6, 6.07) is 17.5. The highest BCUT2D eigenvalue weighted by Crippen LogP contribution is 2.35. The predicted molar refractivity (Wildman–Crippen MR) is 191 cm³/mol. The lowest BCUT2D eigenvalue weighted by Gasteiger charge is -2.12. The van der Waals surface area contributed by atoms with Crippen LogP contribution in [0.4, 0.5) is 8.78 Å². The van der Waals surface area contributed by atoms with E-state index in [1.54, 1.807) is 6.20 Å². The summed E-state index contributed by atoms with van der Waals surface area (Å²) in [6.07, 6.45) is 1.75. The van der Waals surface area contributed by atoms with Crippen LogP contribution < -0.4 is 9.47 Å². The minimum atomic E-state index is -0.378. The molecule has 8 aromatic rings. The summed E-state index contributed by atoms with van der Waals surface area (Å²) >= 11 is 0. The summed E-state index contributed by atoms with van der Waals surface area (Å²) in [5.74, 6) is 1.59. The highest BCUT2D eigenvalue weighted by Gasteiger charge is 2.21. The molecule has 252 valence electrons. The highest BCUT2D eigenvalue weighted by molar-refractivity contribution is 5.89. The number of benzene rings is 3. The molecule has 0 N–H and O–H groups in total. The molecule has 5 heterocycles. The van der Waals surface area contributed by atoms with Crippen LogP contribution >= 0.6 is 0 Å². The summed E-state index contributed by atoms with van der Waals surface area (Å²) in [6.45, 7) is 11.7. The number of imidazole rings is 2. The van der Waals surface area contributed by atoms with Crippen molar-refractivity contribution in [3.8, 4) is 34.3 Å². The molecule has 0 atom stereocenters. The van der Waals surface area contributed by atoms with Gasteiger partial charge >= 0.3 is 0 Å². The largest absolute Gasteiger partial charge is 0.494 e. The highest BCUT2D eigenvalue weighted by atomic mass is 19.1. The lowest BCUT2D eigenvalue weighted by Crippen LogP contribution is -2.01. The lowest BCUT2D eigenvalue weighted by molar-refractivity contribution is 0.415. The number of hydrogen-bond donors (Lipinski definition) is 0. The van der Waals surface area contributed by atoms with E-state index in [4.69, 9.17) is 19.4 Å². The maximum Gasteiger partial charge on any atom is 0.149 e. The second-order valence-electron chi connectivity index (χ2n) is 12.2. The second kappa shape index (κ2) is 12.5. The number of fused-ring (bicyclic) bond motifs is 6. The van der Waals surface area contributed by atoms with Crippen molar-refractivity contribution < 1.29 is 18.3 Å². The van der Waals surface area contributed by atoms with E-state index in [1.165, 1.54) is 38.5 Å². The third-order valence-electron chi connectivity index (χ3n) is 8.94. The Bertz CT molecular complexity index is 2450. The number of ether oxygens (including phenoxy) is 2. The zero-order valence-corrected chi connectivity index (χ0v) is 29.1. The molecule has 0 aliphatic rings. The quantitative estimate of drug-likeness (QED) is 0.185. The molecule has 50 heavy (non-hydrogen) atoms. The van der Waals surface area contributed by atoms with Crippen LogP contribution in [0, 0.1) is 53.2 Å². The molecule has 3 aromatic carbocycles. The van der Waals surface area contributed by atoms with Crippen LogP contribution in [0.5, 0.6) is 11.5 Å². The van der Waals surface area contributed by atoms with E-state index in [2.05, 4.69) is 15.0 Å². The molecule has 0 bridgehead atoms. The number of aromatic nitrogens is 7. The summed E-state index contributed by atoms with van der Waals surface area (Å²) in [5.41, 5.74) is 11.5. The number of hydrogen-bond acceptors (Lipinski definition) is 7. The molecule has 0 aliphatic carbocycles. The van der Waals surface area contributed by atoms with Gasteiger partial charge in [-0.25, -0.2) is 28.7 Å². The average Bonchev–Trinajstić information content (AvgIpc) is 3.63. The van der Waals surface area contributed by atoms with Gasteiger partial charge in [0, 0.05) is 47.3 Å². The van der Waals surface area contributed by atoms with Gasteiger partial charge in [0.15, 0.2) is 0 Å². The fourth-order valence-corrected chi connectivity index (χ4v) is 6.72. The van der Waals surface area contributed by atoms with Crippen LogP contribution in [-0.4, -0.2) is 47.9 Å². The molecule has 0 amide bonds. The van der Waals surface area contributed by atoms with Crippen LogP contribution in [0.15, 0.2) is 66.9 Å². The Kier molecular flexibility index (Phi) is 8.13. The van der Waals surface area contributed by atoms with Gasteiger partial charge in [0.05, 0.1) is 59.1 Å². The molecular formula is C39H35F2N7O2. The first-order chi connectivity index (χ1) is 24.0. The van der Waals surface area contributed by atoms with E-state index in [9.17, 15) is 8.78 Å². The van der Waals surface area contributed by atoms with Crippen molar-refractivity contribution in [1.82, 2.24) is 33.7 Å². The van der Waals surface area contributed by atoms with Gasteiger partial charge in [-0.15, -0.1) is 0 Å². The van der Waals surface area contributed by atoms with Gasteiger partial charge in [-0.2, -0.15) is 0 Å². The Morgan fingerprint density at radius 1 is 0.540 bits per heavy atom. The zero-order valence-electron chi connectivity index (χ0n) is 29.1. The number of methoxy groups -OCH3 is 2. The Hall–Kier alpha value is -5.97. The average molecular weight is 672 g/mol. The Labute approximate surface area is 287 Å². The fourth-order valence-electron chi connectivity index (χ4n) is 6.72. The van der Waals surface area contributed by atoms with Crippen molar-refractivity contribution >= 4 is 33.1 Å². The summed E-state index contributed by atoms with van der Waals surface area (Å²) < 4.78 is 43.0. The van der Waals surface area contributed by atoms with E-state index in [0.29, 0.717) is 33.6 Å². The lowest BCUT2D eigenvalue weighted by atomic mass is 10.1. The third kappa shape index (κ3) is 5.26. The van der Waals surface area contributed by atoms with Crippen molar-refractivity contribution in [3.05, 3.63) is 113 Å². The van der Waals surface area contributed by atoms with Gasteiger partial charge in [0.2, 0.25) is 0 Å². The van der Waals surface area contributed by atoms with Gasteiger partial charge < -0.3 is 9.47 Å². The van der Waals surface area contributed by atoms with Crippen molar-refractivity contribution in [2.75, 3.05) is 14.2 Å². The number of halogens is 2. The molecule has 0 unspecified atom stereocenters. The zero-order chi connectivity index (χ0) is 35.4. The molecule has 9 nitrogen and oxygen atoms in total. The minimum Gasteiger partial charge on any atom is -0.494 e.